The number of ether oxygens (including phenoxy) is 2. The summed E-state index contributed by atoms with van der Waals surface area (Å²) in [6, 6.07) is -0.0841. The second-order valence-electron chi connectivity index (χ2n) is 13.8. The van der Waals surface area contributed by atoms with Crippen LogP contribution in [0, 0.1) is 0 Å². The fourth-order valence-corrected chi connectivity index (χ4v) is 5.72. The molecule has 1 aliphatic rings. The van der Waals surface area contributed by atoms with Crippen LogP contribution in [-0.2, 0) is 19.1 Å². The Balaban J connectivity index is 2.35. The second kappa shape index (κ2) is 29.5. The Morgan fingerprint density at radius 1 is 0.604 bits per heavy atom. The molecule has 0 saturated carbocycles. The zero-order valence-corrected chi connectivity index (χ0v) is 31.8. The number of rotatable bonds is 32. The van der Waals surface area contributed by atoms with E-state index in [9.17, 15) is 9.59 Å². The predicted octanol–water partition coefficient (Wildman–Crippen LogP) is 12.3. The highest BCUT2D eigenvalue weighted by Gasteiger charge is 2.53. The van der Waals surface area contributed by atoms with Crippen LogP contribution in [0.4, 0.5) is 0 Å². The summed E-state index contributed by atoms with van der Waals surface area (Å²) < 4.78 is 12.0. The van der Waals surface area contributed by atoms with Crippen molar-refractivity contribution < 1.29 is 19.1 Å². The van der Waals surface area contributed by atoms with E-state index in [0.717, 1.165) is 77.0 Å². The maximum absolute atomic E-state index is 13.5. The van der Waals surface area contributed by atoms with Crippen LogP contribution in [0.1, 0.15) is 175 Å². The number of allylic oxidation sites excluding steroid dienone is 8. The van der Waals surface area contributed by atoms with Gasteiger partial charge in [0.1, 0.15) is 6.26 Å². The van der Waals surface area contributed by atoms with Crippen LogP contribution in [0.2, 0.25) is 0 Å². The summed E-state index contributed by atoms with van der Waals surface area (Å²) in [5, 5.41) is 0. The third-order valence-electron chi connectivity index (χ3n) is 9.23. The van der Waals surface area contributed by atoms with E-state index in [1.807, 2.05) is 25.9 Å². The van der Waals surface area contributed by atoms with Crippen LogP contribution in [-0.4, -0.2) is 42.4 Å². The zero-order chi connectivity index (χ0) is 35.1. The van der Waals surface area contributed by atoms with Crippen molar-refractivity contribution in [2.24, 2.45) is 0 Å². The van der Waals surface area contributed by atoms with Gasteiger partial charge < -0.3 is 9.47 Å². The van der Waals surface area contributed by atoms with Crippen LogP contribution < -0.4 is 0 Å². The van der Waals surface area contributed by atoms with Crippen molar-refractivity contribution in [1.82, 2.24) is 4.90 Å². The van der Waals surface area contributed by atoms with Crippen LogP contribution in [0.5, 0.6) is 0 Å². The molecular weight excluding hydrogens is 594 g/mol. The molecule has 0 saturated heterocycles. The number of unbranched alkanes of at least 4 members (excludes halogenated alkanes) is 16. The van der Waals surface area contributed by atoms with Gasteiger partial charge in [0.15, 0.2) is 5.76 Å². The Kier molecular flexibility index (Phi) is 26.8. The highest BCUT2D eigenvalue weighted by Crippen LogP contribution is 2.33. The molecule has 0 aliphatic carbocycles. The molecule has 0 fully saturated rings. The monoisotopic (exact) mass is 668 g/mol. The molecule has 0 amide bonds. The Morgan fingerprint density at radius 3 is 1.38 bits per heavy atom. The molecule has 1 heterocycles. The van der Waals surface area contributed by atoms with Gasteiger partial charge in [-0.15, -0.1) is 0 Å². The largest absolute Gasteiger partial charge is 0.444 e. The molecule has 1 atom stereocenters. The van der Waals surface area contributed by atoms with Gasteiger partial charge in [0.25, 0.3) is 0 Å². The average molecular weight is 668 g/mol. The van der Waals surface area contributed by atoms with Gasteiger partial charge in [0, 0.05) is 12.8 Å². The lowest BCUT2D eigenvalue weighted by Crippen LogP contribution is -2.48. The zero-order valence-electron chi connectivity index (χ0n) is 31.8. The summed E-state index contributed by atoms with van der Waals surface area (Å²) in [5.74, 6) is -1.73. The summed E-state index contributed by atoms with van der Waals surface area (Å²) >= 11 is 0. The maximum atomic E-state index is 13.5. The molecule has 5 nitrogen and oxygen atoms in total. The van der Waals surface area contributed by atoms with Crippen LogP contribution in [0.25, 0.3) is 0 Å². The molecule has 5 heteroatoms. The molecule has 0 radical (unpaired) electrons. The number of ketones is 2. The van der Waals surface area contributed by atoms with Crippen molar-refractivity contribution in [3.8, 4) is 0 Å². The normalized spacial score (nSPS) is 15.2. The van der Waals surface area contributed by atoms with Gasteiger partial charge in [-0.25, -0.2) is 0 Å². The van der Waals surface area contributed by atoms with Gasteiger partial charge in [-0.3, -0.25) is 14.5 Å². The number of hydrogen-bond acceptors (Lipinski definition) is 5. The molecule has 1 rings (SSSR count). The maximum Gasteiger partial charge on any atom is 0.372 e. The highest BCUT2D eigenvalue weighted by atomic mass is 16.7. The third-order valence-corrected chi connectivity index (χ3v) is 9.23. The number of nitrogens with zero attached hydrogens (tertiary/aromatic N) is 1. The van der Waals surface area contributed by atoms with Crippen LogP contribution >= 0.6 is 0 Å². The minimum Gasteiger partial charge on any atom is -0.444 e. The van der Waals surface area contributed by atoms with Crippen molar-refractivity contribution in [1.29, 1.82) is 0 Å². The van der Waals surface area contributed by atoms with Crippen molar-refractivity contribution in [2.45, 2.75) is 187 Å². The lowest BCUT2D eigenvalue weighted by molar-refractivity contribution is -0.186. The highest BCUT2D eigenvalue weighted by molar-refractivity contribution is 6.09. The first-order chi connectivity index (χ1) is 23.4. The molecular formula is C43H73NO4. The molecule has 48 heavy (non-hydrogen) atoms. The number of hydrogen-bond donors (Lipinski definition) is 0. The first kappa shape index (κ1) is 43.6. The van der Waals surface area contributed by atoms with E-state index in [-0.39, 0.29) is 17.6 Å². The van der Waals surface area contributed by atoms with Crippen LogP contribution in [0.3, 0.4) is 0 Å². The van der Waals surface area contributed by atoms with Gasteiger partial charge >= 0.3 is 5.79 Å². The SMILES string of the molecule is CCCCC/C=C\C/C=C\CCCCCCCC(=O)C1(C(=O)CCCCCCC/C=C\C/C=C\CCCCC)OC=C(C(C)N(C)C)O1. The van der Waals surface area contributed by atoms with E-state index < -0.39 is 5.79 Å². The molecule has 0 aromatic rings. The van der Waals surface area contributed by atoms with Gasteiger partial charge in [0.2, 0.25) is 11.6 Å². The number of carbonyl (C=O) groups is 2. The summed E-state index contributed by atoms with van der Waals surface area (Å²) in [6.45, 7) is 6.47. The van der Waals surface area contributed by atoms with E-state index in [0.29, 0.717) is 18.6 Å². The summed E-state index contributed by atoms with van der Waals surface area (Å²) in [7, 11) is 3.90. The minimum atomic E-state index is -1.80. The van der Waals surface area contributed by atoms with Gasteiger partial charge in [0.05, 0.1) is 6.04 Å². The Labute approximate surface area is 296 Å². The van der Waals surface area contributed by atoms with Gasteiger partial charge in [-0.2, -0.15) is 0 Å². The molecule has 1 aliphatic heterocycles. The van der Waals surface area contributed by atoms with Crippen molar-refractivity contribution in [2.75, 3.05) is 14.1 Å². The Bertz CT molecular complexity index is 915. The lowest BCUT2D eigenvalue weighted by Gasteiger charge is -2.28. The van der Waals surface area contributed by atoms with E-state index in [2.05, 4.69) is 62.5 Å². The quantitative estimate of drug-likeness (QED) is 0.0406. The molecule has 274 valence electrons. The Morgan fingerprint density at radius 2 is 0.979 bits per heavy atom. The standard InChI is InChI=1S/C43H73NO4/c1-6-8-10-12-14-16-18-20-22-24-26-28-30-32-34-36-41(45)43(47-38-40(48-43)39(3)44(4)5)42(46)37-35-33-31-29-27-25-23-21-19-17-15-13-11-9-7-2/h14-17,20-23,38-39H,6-13,18-19,24-37H2,1-5H3/b16-14-,17-15-,22-20-,23-21-. The molecule has 0 N–H and O–H groups in total. The summed E-state index contributed by atoms with van der Waals surface area (Å²) in [5.41, 5.74) is 0. The number of likely N-dealkylation sites (N-methyl/N-ethyl adjacent to an activating group) is 1. The minimum absolute atomic E-state index is 0.0841. The number of Topliss-reactive ketones (excluding diaryl/α,β-unsaturated/α-hetero) is 2. The third kappa shape index (κ3) is 20.2. The second-order valence-corrected chi connectivity index (χ2v) is 13.8. The van der Waals surface area contributed by atoms with Crippen molar-refractivity contribution >= 4 is 11.6 Å². The molecule has 1 unspecified atom stereocenters. The molecule has 0 aromatic heterocycles. The fraction of sp³-hybridized carbons (Fsp3) is 0.721. The first-order valence-electron chi connectivity index (χ1n) is 19.8. The average Bonchev–Trinajstić information content (AvgIpc) is 3.54. The number of carbonyl (C=O) groups excluding carboxylic acids is 2. The fourth-order valence-electron chi connectivity index (χ4n) is 5.72. The topological polar surface area (TPSA) is 55.8 Å². The van der Waals surface area contributed by atoms with Crippen LogP contribution in [0.15, 0.2) is 60.6 Å². The molecule has 0 spiro atoms. The van der Waals surface area contributed by atoms with Gasteiger partial charge in [-0.05, 0) is 98.1 Å². The summed E-state index contributed by atoms with van der Waals surface area (Å²) in [6.07, 6.45) is 45.1. The van der Waals surface area contributed by atoms with Crippen molar-refractivity contribution in [3.05, 3.63) is 60.6 Å². The predicted molar refractivity (Wildman–Crippen MR) is 205 cm³/mol. The Hall–Kier alpha value is -2.40. The van der Waals surface area contributed by atoms with E-state index >= 15 is 0 Å². The first-order valence-corrected chi connectivity index (χ1v) is 19.8. The van der Waals surface area contributed by atoms with E-state index in [1.165, 1.54) is 70.5 Å². The van der Waals surface area contributed by atoms with Crippen molar-refractivity contribution in [3.63, 3.8) is 0 Å². The molecule has 0 bridgehead atoms. The lowest BCUT2D eigenvalue weighted by atomic mass is 9.96. The molecule has 0 aromatic carbocycles. The smallest absolute Gasteiger partial charge is 0.372 e. The van der Waals surface area contributed by atoms with Gasteiger partial charge in [-0.1, -0.05) is 127 Å². The summed E-state index contributed by atoms with van der Waals surface area (Å²) in [4.78, 5) is 29.0. The van der Waals surface area contributed by atoms with E-state index in [1.54, 1.807) is 0 Å². The van der Waals surface area contributed by atoms with E-state index in [4.69, 9.17) is 9.47 Å².